The van der Waals surface area contributed by atoms with Crippen molar-refractivity contribution in [1.29, 1.82) is 0 Å². The summed E-state index contributed by atoms with van der Waals surface area (Å²) in [5.74, 6) is 2.93. The number of halogens is 1. The van der Waals surface area contributed by atoms with Gasteiger partial charge >= 0.3 is 0 Å². The van der Waals surface area contributed by atoms with E-state index in [0.29, 0.717) is 6.54 Å². The summed E-state index contributed by atoms with van der Waals surface area (Å²) in [5, 5.41) is 6.61. The SMILES string of the molecule is CCNC(=NCc1ccc(OC)cc1)NCCCSC.I. The van der Waals surface area contributed by atoms with Gasteiger partial charge in [-0.05, 0) is 43.0 Å². The number of guanidine groups is 1. The smallest absolute Gasteiger partial charge is 0.191 e. The highest BCUT2D eigenvalue weighted by molar-refractivity contribution is 14.0. The van der Waals surface area contributed by atoms with Crippen molar-refractivity contribution >= 4 is 41.7 Å². The fourth-order valence-corrected chi connectivity index (χ4v) is 2.10. The predicted molar refractivity (Wildman–Crippen MR) is 104 cm³/mol. The Labute approximate surface area is 149 Å². The maximum absolute atomic E-state index is 5.15. The number of hydrogen-bond donors (Lipinski definition) is 2. The normalized spacial score (nSPS) is 10.7. The number of rotatable bonds is 8. The third-order valence-electron chi connectivity index (χ3n) is 2.74. The van der Waals surface area contributed by atoms with Gasteiger partial charge in [-0.1, -0.05) is 12.1 Å². The minimum absolute atomic E-state index is 0. The number of ether oxygens (including phenoxy) is 1. The summed E-state index contributed by atoms with van der Waals surface area (Å²) in [7, 11) is 1.68. The highest BCUT2D eigenvalue weighted by atomic mass is 127. The van der Waals surface area contributed by atoms with Crippen molar-refractivity contribution in [2.45, 2.75) is 19.9 Å². The highest BCUT2D eigenvalue weighted by Gasteiger charge is 1.98. The molecule has 0 atom stereocenters. The first-order chi connectivity index (χ1) is 9.80. The molecule has 0 aliphatic rings. The van der Waals surface area contributed by atoms with E-state index in [1.165, 1.54) is 11.3 Å². The quantitative estimate of drug-likeness (QED) is 0.292. The molecule has 1 aromatic rings. The number of nitrogens with one attached hydrogen (secondary N) is 2. The standard InChI is InChI=1S/C15H25N3OS.HI/c1-4-16-15(17-10-5-11-20-3)18-12-13-6-8-14(19-2)9-7-13;/h6-9H,4-5,10-12H2,1-3H3,(H2,16,17,18);1H. The summed E-state index contributed by atoms with van der Waals surface area (Å²) in [6.45, 7) is 4.57. The van der Waals surface area contributed by atoms with E-state index in [0.717, 1.165) is 31.2 Å². The fraction of sp³-hybridized carbons (Fsp3) is 0.533. The van der Waals surface area contributed by atoms with Crippen molar-refractivity contribution in [2.24, 2.45) is 4.99 Å². The zero-order valence-corrected chi connectivity index (χ0v) is 16.2. The Morgan fingerprint density at radius 3 is 2.52 bits per heavy atom. The maximum Gasteiger partial charge on any atom is 0.191 e. The number of thioether (sulfide) groups is 1. The van der Waals surface area contributed by atoms with Gasteiger partial charge in [-0.3, -0.25) is 0 Å². The average molecular weight is 423 g/mol. The third kappa shape index (κ3) is 9.08. The van der Waals surface area contributed by atoms with E-state index in [4.69, 9.17) is 4.74 Å². The lowest BCUT2D eigenvalue weighted by Gasteiger charge is -2.11. The molecule has 4 nitrogen and oxygen atoms in total. The summed E-state index contributed by atoms with van der Waals surface area (Å²) in [6, 6.07) is 8.01. The fourth-order valence-electron chi connectivity index (χ4n) is 1.67. The first-order valence-corrected chi connectivity index (χ1v) is 8.33. The van der Waals surface area contributed by atoms with E-state index in [1.54, 1.807) is 7.11 Å². The Balaban J connectivity index is 0.00000400. The molecule has 0 amide bonds. The maximum atomic E-state index is 5.15. The molecule has 21 heavy (non-hydrogen) atoms. The number of nitrogens with zero attached hydrogens (tertiary/aromatic N) is 1. The summed E-state index contributed by atoms with van der Waals surface area (Å²) in [5.41, 5.74) is 1.17. The van der Waals surface area contributed by atoms with Crippen LogP contribution in [0.2, 0.25) is 0 Å². The van der Waals surface area contributed by atoms with Crippen molar-refractivity contribution < 1.29 is 4.74 Å². The average Bonchev–Trinajstić information content (AvgIpc) is 2.49. The van der Waals surface area contributed by atoms with Crippen molar-refractivity contribution in [2.75, 3.05) is 32.2 Å². The second kappa shape index (κ2) is 13.1. The van der Waals surface area contributed by atoms with Crippen molar-refractivity contribution in [3.8, 4) is 5.75 Å². The van der Waals surface area contributed by atoms with Gasteiger partial charge in [0.05, 0.1) is 13.7 Å². The van der Waals surface area contributed by atoms with Gasteiger partial charge in [0.15, 0.2) is 5.96 Å². The lowest BCUT2D eigenvalue weighted by atomic mass is 10.2. The summed E-state index contributed by atoms with van der Waals surface area (Å²) in [6.07, 6.45) is 3.27. The third-order valence-corrected chi connectivity index (χ3v) is 3.44. The van der Waals surface area contributed by atoms with E-state index in [2.05, 4.69) is 28.8 Å². The molecule has 6 heteroatoms. The number of hydrogen-bond acceptors (Lipinski definition) is 3. The Morgan fingerprint density at radius 1 is 1.24 bits per heavy atom. The van der Waals surface area contributed by atoms with E-state index < -0.39 is 0 Å². The first-order valence-electron chi connectivity index (χ1n) is 6.94. The van der Waals surface area contributed by atoms with Crippen molar-refractivity contribution in [3.63, 3.8) is 0 Å². The monoisotopic (exact) mass is 423 g/mol. The van der Waals surface area contributed by atoms with Crippen LogP contribution in [-0.2, 0) is 6.54 Å². The molecule has 0 aromatic heterocycles. The van der Waals surface area contributed by atoms with E-state index >= 15 is 0 Å². The van der Waals surface area contributed by atoms with Crippen LogP contribution in [0.25, 0.3) is 0 Å². The summed E-state index contributed by atoms with van der Waals surface area (Å²) >= 11 is 1.87. The lowest BCUT2D eigenvalue weighted by Crippen LogP contribution is -2.37. The van der Waals surface area contributed by atoms with Crippen LogP contribution in [0, 0.1) is 0 Å². The van der Waals surface area contributed by atoms with Crippen LogP contribution in [0.15, 0.2) is 29.3 Å². The molecule has 1 rings (SSSR count). The topological polar surface area (TPSA) is 45.7 Å². The van der Waals surface area contributed by atoms with Crippen LogP contribution in [0.4, 0.5) is 0 Å². The van der Waals surface area contributed by atoms with Gasteiger partial charge in [-0.15, -0.1) is 24.0 Å². The second-order valence-electron chi connectivity index (χ2n) is 4.32. The molecule has 0 saturated carbocycles. The summed E-state index contributed by atoms with van der Waals surface area (Å²) in [4.78, 5) is 4.58. The summed E-state index contributed by atoms with van der Waals surface area (Å²) < 4.78 is 5.15. The Morgan fingerprint density at radius 2 is 1.95 bits per heavy atom. The van der Waals surface area contributed by atoms with Crippen LogP contribution in [-0.4, -0.2) is 38.2 Å². The zero-order chi connectivity index (χ0) is 14.6. The molecule has 0 bridgehead atoms. The predicted octanol–water partition coefficient (Wildman–Crippen LogP) is 3.12. The van der Waals surface area contributed by atoms with Crippen LogP contribution in [0.5, 0.6) is 5.75 Å². The van der Waals surface area contributed by atoms with Gasteiger partial charge in [0.25, 0.3) is 0 Å². The van der Waals surface area contributed by atoms with Crippen molar-refractivity contribution in [1.82, 2.24) is 10.6 Å². The lowest BCUT2D eigenvalue weighted by molar-refractivity contribution is 0.414. The van der Waals surface area contributed by atoms with Gasteiger partial charge in [-0.25, -0.2) is 4.99 Å². The molecule has 0 unspecified atom stereocenters. The highest BCUT2D eigenvalue weighted by Crippen LogP contribution is 2.11. The van der Waals surface area contributed by atoms with Gasteiger partial charge in [-0.2, -0.15) is 11.8 Å². The molecular weight excluding hydrogens is 397 g/mol. The molecule has 2 N–H and O–H groups in total. The second-order valence-corrected chi connectivity index (χ2v) is 5.30. The molecule has 0 aliphatic heterocycles. The molecule has 0 heterocycles. The minimum Gasteiger partial charge on any atom is -0.497 e. The van der Waals surface area contributed by atoms with Crippen LogP contribution >= 0.6 is 35.7 Å². The number of aliphatic imine (C=N–C) groups is 1. The number of benzene rings is 1. The van der Waals surface area contributed by atoms with Gasteiger partial charge in [0.1, 0.15) is 5.75 Å². The van der Waals surface area contributed by atoms with E-state index in [-0.39, 0.29) is 24.0 Å². The first kappa shape index (κ1) is 20.4. The number of methoxy groups -OCH3 is 1. The Hall–Kier alpha value is -0.630. The van der Waals surface area contributed by atoms with Crippen LogP contribution in [0.3, 0.4) is 0 Å². The zero-order valence-electron chi connectivity index (χ0n) is 13.0. The molecular formula is C15H26IN3OS. The van der Waals surface area contributed by atoms with E-state index in [9.17, 15) is 0 Å². The largest absolute Gasteiger partial charge is 0.497 e. The molecule has 0 saturated heterocycles. The van der Waals surface area contributed by atoms with Crippen LogP contribution in [0.1, 0.15) is 18.9 Å². The molecule has 1 aromatic carbocycles. The molecule has 0 aliphatic carbocycles. The molecule has 0 spiro atoms. The van der Waals surface area contributed by atoms with Crippen molar-refractivity contribution in [3.05, 3.63) is 29.8 Å². The van der Waals surface area contributed by atoms with E-state index in [1.807, 2.05) is 36.0 Å². The van der Waals surface area contributed by atoms with Gasteiger partial charge < -0.3 is 15.4 Å². The molecule has 120 valence electrons. The van der Waals surface area contributed by atoms with Gasteiger partial charge in [0.2, 0.25) is 0 Å². The minimum atomic E-state index is 0. The molecule has 0 radical (unpaired) electrons. The van der Waals surface area contributed by atoms with Gasteiger partial charge in [0, 0.05) is 13.1 Å². The Bertz CT molecular complexity index is 398. The Kier molecular flexibility index (Phi) is 12.7. The molecule has 0 fully saturated rings. The van der Waals surface area contributed by atoms with Crippen LogP contribution < -0.4 is 15.4 Å².